The van der Waals surface area contributed by atoms with Crippen molar-refractivity contribution in [1.82, 2.24) is 5.32 Å². The zero-order valence-electron chi connectivity index (χ0n) is 16.9. The van der Waals surface area contributed by atoms with Crippen molar-refractivity contribution in [1.29, 1.82) is 0 Å². The highest BCUT2D eigenvalue weighted by Gasteiger charge is 2.16. The second-order valence-electron chi connectivity index (χ2n) is 6.70. The number of rotatable bonds is 10. The summed E-state index contributed by atoms with van der Waals surface area (Å²) in [4.78, 5) is 24.7. The Morgan fingerprint density at radius 3 is 2.33 bits per heavy atom. The standard InChI is InChI=1S/C23H25F2NO4/c1-3-7-16(2)26-21(27)15-29-22(28)20(18-8-5-4-6-9-18)14-17-10-12-19(13-11-17)30-23(24)25/h4-6,8-14,16,23H,3,7,15H2,1-2H3,(H,26,27)/b20-14+/t16-/m0/s1. The van der Waals surface area contributed by atoms with Gasteiger partial charge in [0, 0.05) is 6.04 Å². The molecule has 0 saturated heterocycles. The van der Waals surface area contributed by atoms with Crippen molar-refractivity contribution in [2.24, 2.45) is 0 Å². The van der Waals surface area contributed by atoms with Crippen LogP contribution < -0.4 is 10.1 Å². The van der Waals surface area contributed by atoms with Gasteiger partial charge in [-0.25, -0.2) is 4.79 Å². The highest BCUT2D eigenvalue weighted by atomic mass is 19.3. The molecule has 0 aliphatic heterocycles. The lowest BCUT2D eigenvalue weighted by molar-refractivity contribution is -0.143. The summed E-state index contributed by atoms with van der Waals surface area (Å²) in [5.74, 6) is -1.01. The van der Waals surface area contributed by atoms with Crippen LogP contribution in [-0.4, -0.2) is 31.1 Å². The molecule has 5 nitrogen and oxygen atoms in total. The Labute approximate surface area is 174 Å². The third-order valence-electron chi connectivity index (χ3n) is 4.18. The fraction of sp³-hybridized carbons (Fsp3) is 0.304. The molecular formula is C23H25F2NO4. The number of nitrogens with one attached hydrogen (secondary N) is 1. The normalized spacial score (nSPS) is 12.4. The molecule has 0 spiro atoms. The smallest absolute Gasteiger partial charge is 0.387 e. The molecule has 0 bridgehead atoms. The van der Waals surface area contributed by atoms with Crippen LogP contribution in [0.5, 0.6) is 5.75 Å². The van der Waals surface area contributed by atoms with Gasteiger partial charge in [-0.05, 0) is 42.7 Å². The van der Waals surface area contributed by atoms with E-state index < -0.39 is 19.2 Å². The quantitative estimate of drug-likeness (QED) is 0.346. The summed E-state index contributed by atoms with van der Waals surface area (Å²) in [7, 11) is 0. The second-order valence-corrected chi connectivity index (χ2v) is 6.70. The summed E-state index contributed by atoms with van der Waals surface area (Å²) in [6.07, 6.45) is 3.34. The van der Waals surface area contributed by atoms with Gasteiger partial charge >= 0.3 is 12.6 Å². The fourth-order valence-electron chi connectivity index (χ4n) is 2.82. The summed E-state index contributed by atoms with van der Waals surface area (Å²) >= 11 is 0. The van der Waals surface area contributed by atoms with Gasteiger partial charge in [0.1, 0.15) is 5.75 Å². The van der Waals surface area contributed by atoms with Gasteiger partial charge in [-0.2, -0.15) is 8.78 Å². The topological polar surface area (TPSA) is 64.6 Å². The Hall–Kier alpha value is -3.22. The van der Waals surface area contributed by atoms with Crippen molar-refractivity contribution in [2.75, 3.05) is 6.61 Å². The molecule has 1 atom stereocenters. The Kier molecular flexibility index (Phi) is 9.00. The van der Waals surface area contributed by atoms with Crippen molar-refractivity contribution in [2.45, 2.75) is 39.3 Å². The van der Waals surface area contributed by atoms with Crippen LogP contribution in [0.15, 0.2) is 54.6 Å². The van der Waals surface area contributed by atoms with Gasteiger partial charge in [0.05, 0.1) is 5.57 Å². The van der Waals surface area contributed by atoms with Gasteiger partial charge in [-0.3, -0.25) is 4.79 Å². The zero-order valence-corrected chi connectivity index (χ0v) is 16.9. The maximum absolute atomic E-state index is 12.7. The lowest BCUT2D eigenvalue weighted by Crippen LogP contribution is -2.35. The van der Waals surface area contributed by atoms with E-state index in [0.717, 1.165) is 12.8 Å². The van der Waals surface area contributed by atoms with Crippen LogP contribution >= 0.6 is 0 Å². The molecule has 0 aliphatic rings. The molecule has 0 heterocycles. The van der Waals surface area contributed by atoms with E-state index in [4.69, 9.17) is 4.74 Å². The van der Waals surface area contributed by atoms with E-state index in [9.17, 15) is 18.4 Å². The molecule has 1 N–H and O–H groups in total. The van der Waals surface area contributed by atoms with E-state index >= 15 is 0 Å². The lowest BCUT2D eigenvalue weighted by Gasteiger charge is -2.13. The third-order valence-corrected chi connectivity index (χ3v) is 4.18. The van der Waals surface area contributed by atoms with Crippen molar-refractivity contribution < 1.29 is 27.8 Å². The minimum atomic E-state index is -2.91. The SMILES string of the molecule is CCC[C@H](C)NC(=O)COC(=O)/C(=C/c1ccc(OC(F)F)cc1)c1ccccc1. The van der Waals surface area contributed by atoms with Gasteiger partial charge < -0.3 is 14.8 Å². The van der Waals surface area contributed by atoms with Gasteiger partial charge in [0.15, 0.2) is 6.61 Å². The number of halogens is 2. The highest BCUT2D eigenvalue weighted by molar-refractivity contribution is 6.21. The first kappa shape index (κ1) is 23.1. The minimum Gasteiger partial charge on any atom is -0.452 e. The van der Waals surface area contributed by atoms with Gasteiger partial charge in [0.25, 0.3) is 5.91 Å². The first-order chi connectivity index (χ1) is 14.4. The third kappa shape index (κ3) is 7.66. The van der Waals surface area contributed by atoms with Crippen LogP contribution in [0.2, 0.25) is 0 Å². The molecule has 7 heteroatoms. The maximum Gasteiger partial charge on any atom is 0.387 e. The molecule has 2 aromatic rings. The van der Waals surface area contributed by atoms with Crippen LogP contribution in [0.1, 0.15) is 37.8 Å². The summed E-state index contributed by atoms with van der Waals surface area (Å²) in [5.41, 5.74) is 1.44. The molecule has 0 aliphatic carbocycles. The number of esters is 1. The van der Waals surface area contributed by atoms with Crippen molar-refractivity contribution in [3.63, 3.8) is 0 Å². The fourth-order valence-corrected chi connectivity index (χ4v) is 2.82. The summed E-state index contributed by atoms with van der Waals surface area (Å²) < 4.78 is 34.1. The van der Waals surface area contributed by atoms with Crippen LogP contribution in [-0.2, 0) is 14.3 Å². The zero-order chi connectivity index (χ0) is 21.9. The average molecular weight is 417 g/mol. The number of amides is 1. The Morgan fingerprint density at radius 1 is 1.07 bits per heavy atom. The molecule has 2 aromatic carbocycles. The number of hydrogen-bond donors (Lipinski definition) is 1. The highest BCUT2D eigenvalue weighted by Crippen LogP contribution is 2.22. The molecule has 1 amide bonds. The van der Waals surface area contributed by atoms with E-state index in [1.54, 1.807) is 42.5 Å². The van der Waals surface area contributed by atoms with E-state index in [2.05, 4.69) is 10.1 Å². The number of carbonyl (C=O) groups excluding carboxylic acids is 2. The van der Waals surface area contributed by atoms with Crippen molar-refractivity contribution in [3.05, 3.63) is 65.7 Å². The molecule has 0 aromatic heterocycles. The molecule has 160 valence electrons. The number of hydrogen-bond acceptors (Lipinski definition) is 4. The van der Waals surface area contributed by atoms with E-state index in [1.807, 2.05) is 19.9 Å². The van der Waals surface area contributed by atoms with E-state index in [1.165, 1.54) is 12.1 Å². The number of ether oxygens (including phenoxy) is 2. The molecule has 0 radical (unpaired) electrons. The summed E-state index contributed by atoms with van der Waals surface area (Å²) in [6, 6.07) is 14.7. The molecule has 2 rings (SSSR count). The van der Waals surface area contributed by atoms with Gasteiger partial charge in [-0.1, -0.05) is 55.8 Å². The largest absolute Gasteiger partial charge is 0.452 e. The summed E-state index contributed by atoms with van der Waals surface area (Å²) in [5, 5.41) is 2.78. The predicted molar refractivity (Wildman–Crippen MR) is 111 cm³/mol. The lowest BCUT2D eigenvalue weighted by atomic mass is 10.0. The first-order valence-corrected chi connectivity index (χ1v) is 9.67. The second kappa shape index (κ2) is 11.7. The molecular weight excluding hydrogens is 392 g/mol. The number of carbonyl (C=O) groups is 2. The number of alkyl halides is 2. The molecule has 0 saturated carbocycles. The van der Waals surface area contributed by atoms with Crippen LogP contribution in [0.25, 0.3) is 11.6 Å². The van der Waals surface area contributed by atoms with Gasteiger partial charge in [-0.15, -0.1) is 0 Å². The summed E-state index contributed by atoms with van der Waals surface area (Å²) in [6.45, 7) is 0.608. The Balaban J connectivity index is 2.14. The van der Waals surface area contributed by atoms with Crippen molar-refractivity contribution >= 4 is 23.5 Å². The van der Waals surface area contributed by atoms with Crippen LogP contribution in [0.4, 0.5) is 8.78 Å². The average Bonchev–Trinajstić information content (AvgIpc) is 2.72. The Morgan fingerprint density at radius 2 is 1.73 bits per heavy atom. The number of benzene rings is 2. The van der Waals surface area contributed by atoms with E-state index in [0.29, 0.717) is 11.1 Å². The molecule has 0 unspecified atom stereocenters. The monoisotopic (exact) mass is 417 g/mol. The van der Waals surface area contributed by atoms with E-state index in [-0.39, 0.29) is 23.3 Å². The maximum atomic E-state index is 12.7. The van der Waals surface area contributed by atoms with Crippen LogP contribution in [0, 0.1) is 0 Å². The minimum absolute atomic E-state index is 0.000638. The molecule has 0 fully saturated rings. The van der Waals surface area contributed by atoms with Crippen molar-refractivity contribution in [3.8, 4) is 5.75 Å². The van der Waals surface area contributed by atoms with Crippen LogP contribution in [0.3, 0.4) is 0 Å². The van der Waals surface area contributed by atoms with Gasteiger partial charge in [0.2, 0.25) is 0 Å². The Bertz CT molecular complexity index is 851. The predicted octanol–water partition coefficient (Wildman–Crippen LogP) is 4.68. The molecule has 30 heavy (non-hydrogen) atoms. The first-order valence-electron chi connectivity index (χ1n) is 9.67.